The van der Waals surface area contributed by atoms with E-state index in [2.05, 4.69) is 34.5 Å². The first-order valence-electron chi connectivity index (χ1n) is 9.22. The number of hydrogen-bond donors (Lipinski definition) is 1. The molecular weight excluding hydrogens is 360 g/mol. The van der Waals surface area contributed by atoms with Crippen molar-refractivity contribution in [1.29, 1.82) is 0 Å². The lowest BCUT2D eigenvalue weighted by Crippen LogP contribution is -2.32. The number of rotatable bonds is 7. The summed E-state index contributed by atoms with van der Waals surface area (Å²) in [4.78, 5) is 14.9. The molecular formula is C21H26N2O3S. The van der Waals surface area contributed by atoms with Crippen LogP contribution in [0, 0.1) is 0 Å². The molecule has 6 heteroatoms. The lowest BCUT2D eigenvalue weighted by molar-refractivity contribution is 0.0950. The summed E-state index contributed by atoms with van der Waals surface area (Å²) in [5, 5.41) is 2.97. The first-order chi connectivity index (χ1) is 13.2. The van der Waals surface area contributed by atoms with Crippen LogP contribution in [-0.4, -0.2) is 44.2 Å². The van der Waals surface area contributed by atoms with E-state index in [1.54, 1.807) is 25.3 Å². The second-order valence-electron chi connectivity index (χ2n) is 6.25. The predicted molar refractivity (Wildman–Crippen MR) is 111 cm³/mol. The van der Waals surface area contributed by atoms with Crippen molar-refractivity contribution >= 4 is 23.4 Å². The highest BCUT2D eigenvalue weighted by atomic mass is 32.2. The zero-order valence-electron chi connectivity index (χ0n) is 15.9. The Bertz CT molecular complexity index is 759. The molecule has 1 fully saturated rings. The molecule has 0 aliphatic carbocycles. The molecule has 0 radical (unpaired) electrons. The van der Waals surface area contributed by atoms with Crippen molar-refractivity contribution in [2.75, 3.05) is 43.2 Å². The van der Waals surface area contributed by atoms with Crippen LogP contribution in [0.2, 0.25) is 0 Å². The summed E-state index contributed by atoms with van der Waals surface area (Å²) in [5.74, 6) is 3.44. The molecule has 1 saturated heterocycles. The highest BCUT2D eigenvalue weighted by Gasteiger charge is 2.12. The fraction of sp³-hybridized carbons (Fsp3) is 0.381. The number of carbonyl (C=O) groups excluding carboxylic acids is 1. The van der Waals surface area contributed by atoms with Gasteiger partial charge in [-0.2, -0.15) is 11.8 Å². The maximum absolute atomic E-state index is 12.5. The Morgan fingerprint density at radius 2 is 1.85 bits per heavy atom. The fourth-order valence-electron chi connectivity index (χ4n) is 3.02. The Labute approximate surface area is 165 Å². The minimum Gasteiger partial charge on any atom is -0.493 e. The summed E-state index contributed by atoms with van der Waals surface area (Å²) in [7, 11) is 1.59. The van der Waals surface area contributed by atoms with Crippen LogP contribution in [0.3, 0.4) is 0 Å². The summed E-state index contributed by atoms with van der Waals surface area (Å²) >= 11 is 2.01. The highest BCUT2D eigenvalue weighted by molar-refractivity contribution is 7.99. The van der Waals surface area contributed by atoms with Crippen LogP contribution in [-0.2, 0) is 6.54 Å². The molecule has 1 heterocycles. The molecule has 2 aromatic rings. The minimum atomic E-state index is -0.129. The van der Waals surface area contributed by atoms with Gasteiger partial charge >= 0.3 is 0 Å². The zero-order chi connectivity index (χ0) is 19.1. The molecule has 0 aromatic heterocycles. The van der Waals surface area contributed by atoms with Crippen LogP contribution < -0.4 is 19.7 Å². The zero-order valence-corrected chi connectivity index (χ0v) is 16.7. The Morgan fingerprint density at radius 3 is 2.52 bits per heavy atom. The van der Waals surface area contributed by atoms with Gasteiger partial charge in [-0.05, 0) is 42.8 Å². The molecule has 27 heavy (non-hydrogen) atoms. The number of nitrogens with zero attached hydrogens (tertiary/aromatic N) is 1. The largest absolute Gasteiger partial charge is 0.493 e. The van der Waals surface area contributed by atoms with Gasteiger partial charge in [0.15, 0.2) is 11.5 Å². The third-order valence-electron chi connectivity index (χ3n) is 4.49. The Balaban J connectivity index is 1.59. The molecule has 0 bridgehead atoms. The standard InChI is InChI=1S/C21H26N2O3S/c1-3-26-20-14-17(6-9-19(20)25-2)21(24)22-15-16-4-7-18(8-5-16)23-10-12-27-13-11-23/h4-9,14H,3,10-13,15H2,1-2H3,(H,22,24). The second kappa shape index (κ2) is 9.55. The molecule has 3 rings (SSSR count). The number of thioether (sulfide) groups is 1. The van der Waals surface area contributed by atoms with Crippen molar-refractivity contribution in [2.45, 2.75) is 13.5 Å². The molecule has 144 valence electrons. The monoisotopic (exact) mass is 386 g/mol. The van der Waals surface area contributed by atoms with Gasteiger partial charge in [-0.1, -0.05) is 12.1 Å². The van der Waals surface area contributed by atoms with Crippen LogP contribution in [0.25, 0.3) is 0 Å². The molecule has 1 amide bonds. The number of ether oxygens (including phenoxy) is 2. The normalized spacial score (nSPS) is 13.9. The van der Waals surface area contributed by atoms with E-state index in [9.17, 15) is 4.79 Å². The Morgan fingerprint density at radius 1 is 1.11 bits per heavy atom. The van der Waals surface area contributed by atoms with Crippen LogP contribution in [0.1, 0.15) is 22.8 Å². The molecule has 0 unspecified atom stereocenters. The van der Waals surface area contributed by atoms with Gasteiger partial charge in [-0.3, -0.25) is 4.79 Å². The lowest BCUT2D eigenvalue weighted by atomic mass is 10.1. The summed E-state index contributed by atoms with van der Waals surface area (Å²) in [6.45, 7) is 5.10. The molecule has 0 saturated carbocycles. The van der Waals surface area contributed by atoms with Gasteiger partial charge in [0.05, 0.1) is 13.7 Å². The average molecular weight is 387 g/mol. The van der Waals surface area contributed by atoms with Crippen molar-refractivity contribution in [3.8, 4) is 11.5 Å². The van der Waals surface area contributed by atoms with Crippen molar-refractivity contribution in [2.24, 2.45) is 0 Å². The molecule has 2 aromatic carbocycles. The van der Waals surface area contributed by atoms with Gasteiger partial charge in [0.2, 0.25) is 0 Å². The van der Waals surface area contributed by atoms with E-state index >= 15 is 0 Å². The van der Waals surface area contributed by atoms with Gasteiger partial charge in [-0.15, -0.1) is 0 Å². The van der Waals surface area contributed by atoms with Crippen molar-refractivity contribution in [3.05, 3.63) is 53.6 Å². The van der Waals surface area contributed by atoms with Gasteiger partial charge in [0, 0.05) is 42.4 Å². The average Bonchev–Trinajstić information content (AvgIpc) is 2.73. The van der Waals surface area contributed by atoms with E-state index in [-0.39, 0.29) is 5.91 Å². The second-order valence-corrected chi connectivity index (χ2v) is 7.47. The number of amides is 1. The van der Waals surface area contributed by atoms with Crippen molar-refractivity contribution < 1.29 is 14.3 Å². The number of methoxy groups -OCH3 is 1. The summed E-state index contributed by atoms with van der Waals surface area (Å²) in [6.07, 6.45) is 0. The van der Waals surface area contributed by atoms with Gasteiger partial charge in [0.1, 0.15) is 0 Å². The topological polar surface area (TPSA) is 50.8 Å². The van der Waals surface area contributed by atoms with E-state index in [0.29, 0.717) is 30.2 Å². The van der Waals surface area contributed by atoms with Gasteiger partial charge in [-0.25, -0.2) is 0 Å². The third kappa shape index (κ3) is 5.10. The first-order valence-corrected chi connectivity index (χ1v) is 10.4. The van der Waals surface area contributed by atoms with Crippen LogP contribution in [0.5, 0.6) is 11.5 Å². The first kappa shape index (κ1) is 19.4. The Hall–Kier alpha value is -2.34. The number of nitrogens with one attached hydrogen (secondary N) is 1. The molecule has 0 atom stereocenters. The molecule has 1 aliphatic rings. The number of benzene rings is 2. The number of anilines is 1. The molecule has 1 N–H and O–H groups in total. The van der Waals surface area contributed by atoms with E-state index in [1.807, 2.05) is 18.7 Å². The van der Waals surface area contributed by atoms with Crippen LogP contribution in [0.15, 0.2) is 42.5 Å². The molecule has 0 spiro atoms. The molecule has 5 nitrogen and oxygen atoms in total. The maximum Gasteiger partial charge on any atom is 0.251 e. The van der Waals surface area contributed by atoms with E-state index in [1.165, 1.54) is 17.2 Å². The third-order valence-corrected chi connectivity index (χ3v) is 5.43. The number of hydrogen-bond acceptors (Lipinski definition) is 5. The maximum atomic E-state index is 12.5. The van der Waals surface area contributed by atoms with Crippen molar-refractivity contribution in [3.63, 3.8) is 0 Å². The van der Waals surface area contributed by atoms with Crippen LogP contribution >= 0.6 is 11.8 Å². The lowest BCUT2D eigenvalue weighted by Gasteiger charge is -2.28. The predicted octanol–water partition coefficient (Wildman–Crippen LogP) is 3.58. The smallest absolute Gasteiger partial charge is 0.251 e. The summed E-state index contributed by atoms with van der Waals surface area (Å²) in [5.41, 5.74) is 2.89. The quantitative estimate of drug-likeness (QED) is 0.788. The summed E-state index contributed by atoms with van der Waals surface area (Å²) < 4.78 is 10.8. The summed E-state index contributed by atoms with van der Waals surface area (Å²) in [6, 6.07) is 13.7. The van der Waals surface area contributed by atoms with Gasteiger partial charge in [0.25, 0.3) is 5.91 Å². The van der Waals surface area contributed by atoms with E-state index < -0.39 is 0 Å². The van der Waals surface area contributed by atoms with Crippen molar-refractivity contribution in [1.82, 2.24) is 5.32 Å². The van der Waals surface area contributed by atoms with Crippen LogP contribution in [0.4, 0.5) is 5.69 Å². The van der Waals surface area contributed by atoms with E-state index in [4.69, 9.17) is 9.47 Å². The highest BCUT2D eigenvalue weighted by Crippen LogP contribution is 2.28. The Kier molecular flexibility index (Phi) is 6.87. The molecule has 1 aliphatic heterocycles. The van der Waals surface area contributed by atoms with E-state index in [0.717, 1.165) is 18.7 Å². The number of carbonyl (C=O) groups is 1. The minimum absolute atomic E-state index is 0.129. The SMILES string of the molecule is CCOc1cc(C(=O)NCc2ccc(N3CCSCC3)cc2)ccc1OC. The fourth-order valence-corrected chi connectivity index (χ4v) is 3.92. The van der Waals surface area contributed by atoms with Gasteiger partial charge < -0.3 is 19.7 Å².